The van der Waals surface area contributed by atoms with Gasteiger partial charge >= 0.3 is 0 Å². The van der Waals surface area contributed by atoms with Gasteiger partial charge in [-0.15, -0.1) is 0 Å². The number of allylic oxidation sites excluding steroid dienone is 3. The molecule has 0 spiro atoms. The first-order valence-corrected chi connectivity index (χ1v) is 24.3. The predicted molar refractivity (Wildman–Crippen MR) is 256 cm³/mol. The van der Waals surface area contributed by atoms with E-state index in [4.69, 9.17) is 60.6 Å². The van der Waals surface area contributed by atoms with Crippen molar-refractivity contribution in [3.63, 3.8) is 0 Å². The summed E-state index contributed by atoms with van der Waals surface area (Å²) in [5.74, 6) is -0.818. The number of rotatable bonds is 35. The summed E-state index contributed by atoms with van der Waals surface area (Å²) in [4.78, 5) is 32.5. The summed E-state index contributed by atoms with van der Waals surface area (Å²) in [5, 5.41) is 6.52. The number of nitrogen functional groups attached to an aromatic ring is 1. The van der Waals surface area contributed by atoms with E-state index in [9.17, 15) is 22.4 Å². The maximum atomic E-state index is 14.5. The molecule has 0 unspecified atom stereocenters. The first kappa shape index (κ1) is 56.9. The lowest BCUT2D eigenvalue weighted by atomic mass is 10.0. The molecule has 1 aliphatic rings. The molecule has 0 saturated heterocycles. The van der Waals surface area contributed by atoms with Crippen LogP contribution < -0.4 is 21.1 Å². The highest BCUT2D eigenvalue weighted by molar-refractivity contribution is 7.94. The Balaban J connectivity index is 1.19. The standard InChI is InChI=1S/C46H68FN5O13S2/c1-36(37(2)47)42(46(54)52-13-16-65-43-8-6-39(33-41(43)35-52)40-7-9-44(48)51-34-40)5-4-31-67(55,56)32-12-50-45(53)10-14-57-17-19-59-21-23-61-25-27-63-29-30-64-28-26-62-24-22-60-20-18-58-15-11-49-38(3)66/h4-9,31,33-34H,10-30,32,35H2,1-3H3,(H2,48,51)(H,49,66)(H,50,53)/b31-4+,37-36+,42-5+. The van der Waals surface area contributed by atoms with Crippen molar-refractivity contribution in [3.05, 3.63) is 76.6 Å². The van der Waals surface area contributed by atoms with Crippen molar-refractivity contribution in [2.24, 2.45) is 0 Å². The third-order valence-corrected chi connectivity index (χ3v) is 11.0. The Kier molecular flexibility index (Phi) is 28.8. The van der Waals surface area contributed by atoms with Crippen LogP contribution in [0.15, 0.2) is 71.1 Å². The minimum Gasteiger partial charge on any atom is -0.491 e. The summed E-state index contributed by atoms with van der Waals surface area (Å²) in [7, 11) is -3.80. The number of hydrogen-bond acceptors (Lipinski definition) is 16. The van der Waals surface area contributed by atoms with Crippen molar-refractivity contribution < 1.29 is 65.0 Å². The van der Waals surface area contributed by atoms with Gasteiger partial charge in [-0.3, -0.25) is 9.59 Å². The molecule has 1 aliphatic heterocycles. The number of halogens is 1. The Morgan fingerprint density at radius 3 is 1.84 bits per heavy atom. The Bertz CT molecular complexity index is 1980. The van der Waals surface area contributed by atoms with Crippen LogP contribution in [0.3, 0.4) is 0 Å². The van der Waals surface area contributed by atoms with Gasteiger partial charge in [-0.05, 0) is 62.2 Å². The maximum Gasteiger partial charge on any atom is 0.254 e. The summed E-state index contributed by atoms with van der Waals surface area (Å²) in [5.41, 5.74) is 8.24. The molecule has 0 bridgehead atoms. The summed E-state index contributed by atoms with van der Waals surface area (Å²) < 4.78 is 89.6. The number of hydrogen-bond donors (Lipinski definition) is 3. The number of nitrogens with zero attached hydrogens (tertiary/aromatic N) is 2. The molecule has 2 heterocycles. The first-order valence-electron chi connectivity index (χ1n) is 22.2. The van der Waals surface area contributed by atoms with Crippen molar-refractivity contribution in [1.82, 2.24) is 20.5 Å². The van der Waals surface area contributed by atoms with Crippen LogP contribution in [0.1, 0.15) is 32.8 Å². The van der Waals surface area contributed by atoms with Gasteiger partial charge in [0.2, 0.25) is 5.91 Å². The molecular weight excluding hydrogens is 914 g/mol. The fourth-order valence-corrected chi connectivity index (χ4v) is 6.83. The molecular formula is C46H68FN5O13S2. The lowest BCUT2D eigenvalue weighted by Gasteiger charge is -2.22. The number of pyridine rings is 1. The zero-order chi connectivity index (χ0) is 48.5. The van der Waals surface area contributed by atoms with Crippen molar-refractivity contribution in [2.75, 3.05) is 143 Å². The molecule has 1 aromatic carbocycles. The van der Waals surface area contributed by atoms with Crippen molar-refractivity contribution in [2.45, 2.75) is 33.7 Å². The van der Waals surface area contributed by atoms with E-state index in [1.807, 2.05) is 31.2 Å². The number of nitrogens with one attached hydrogen (secondary N) is 2. The summed E-state index contributed by atoms with van der Waals surface area (Å²) in [6, 6.07) is 9.16. The molecule has 21 heteroatoms. The Hall–Kier alpha value is -4.42. The third-order valence-electron chi connectivity index (χ3n) is 9.55. The highest BCUT2D eigenvalue weighted by Crippen LogP contribution is 2.30. The van der Waals surface area contributed by atoms with Crippen LogP contribution >= 0.6 is 12.2 Å². The molecule has 0 atom stereocenters. The van der Waals surface area contributed by atoms with E-state index in [1.54, 1.807) is 12.3 Å². The van der Waals surface area contributed by atoms with Crippen LogP contribution in [0, 0.1) is 0 Å². The van der Waals surface area contributed by atoms with Gasteiger partial charge in [0, 0.05) is 54.4 Å². The number of benzene rings is 1. The van der Waals surface area contributed by atoms with Crippen LogP contribution in [0.2, 0.25) is 0 Å². The van der Waals surface area contributed by atoms with Gasteiger partial charge in [-0.1, -0.05) is 24.4 Å². The fourth-order valence-electron chi connectivity index (χ4n) is 5.89. The number of carbonyl (C=O) groups is 2. The monoisotopic (exact) mass is 981 g/mol. The molecule has 0 saturated carbocycles. The number of nitrogens with two attached hydrogens (primary N) is 1. The number of fused-ring (bicyclic) bond motifs is 1. The lowest BCUT2D eigenvalue weighted by Crippen LogP contribution is -2.34. The number of anilines is 1. The number of thiocarbonyl (C=S) groups is 1. The van der Waals surface area contributed by atoms with E-state index in [0.717, 1.165) is 27.1 Å². The molecule has 0 radical (unpaired) electrons. The van der Waals surface area contributed by atoms with E-state index in [1.165, 1.54) is 30.9 Å². The van der Waals surface area contributed by atoms with Crippen LogP contribution in [-0.4, -0.2) is 173 Å². The molecule has 0 fully saturated rings. The predicted octanol–water partition coefficient (Wildman–Crippen LogP) is 3.75. The number of ether oxygens (including phenoxy) is 9. The van der Waals surface area contributed by atoms with Gasteiger partial charge in [0.1, 0.15) is 24.0 Å². The topological polar surface area (TPSA) is 218 Å². The van der Waals surface area contributed by atoms with E-state index in [-0.39, 0.29) is 68.7 Å². The largest absolute Gasteiger partial charge is 0.491 e. The SMILES string of the molecule is CC(=S)NCCOCCOCCOCCOCCOCCOCCOCCOCCC(=O)NCCS(=O)(=O)/C=C/C=C(C(=O)N1CCOc2ccc(-c3ccc(N)nc3)cc2C1)\C(C)=C(/C)F. The van der Waals surface area contributed by atoms with Crippen LogP contribution in [0.25, 0.3) is 11.1 Å². The Morgan fingerprint density at radius 2 is 1.31 bits per heavy atom. The van der Waals surface area contributed by atoms with Gasteiger partial charge < -0.3 is 63.9 Å². The van der Waals surface area contributed by atoms with Crippen LogP contribution in [0.4, 0.5) is 10.2 Å². The quantitative estimate of drug-likeness (QED) is 0.0388. The van der Waals surface area contributed by atoms with E-state index < -0.39 is 21.6 Å². The fraction of sp³-hybridized carbons (Fsp3) is 0.565. The average molecular weight is 982 g/mol. The molecule has 2 amide bonds. The third kappa shape index (κ3) is 25.5. The van der Waals surface area contributed by atoms with E-state index in [0.29, 0.717) is 111 Å². The van der Waals surface area contributed by atoms with E-state index >= 15 is 0 Å². The molecule has 4 N–H and O–H groups in total. The first-order chi connectivity index (χ1) is 32.4. The molecule has 2 aromatic rings. The molecule has 374 valence electrons. The number of sulfone groups is 1. The summed E-state index contributed by atoms with van der Waals surface area (Å²) in [6.07, 6.45) is 4.17. The Morgan fingerprint density at radius 1 is 0.776 bits per heavy atom. The molecule has 67 heavy (non-hydrogen) atoms. The number of carbonyl (C=O) groups excluding carboxylic acids is 2. The highest BCUT2D eigenvalue weighted by atomic mass is 32.2. The smallest absolute Gasteiger partial charge is 0.254 e. The molecule has 3 rings (SSSR count). The van der Waals surface area contributed by atoms with Crippen LogP contribution in [0.5, 0.6) is 5.75 Å². The van der Waals surface area contributed by atoms with Gasteiger partial charge in [-0.2, -0.15) is 0 Å². The second-order valence-corrected chi connectivity index (χ2v) is 17.4. The van der Waals surface area contributed by atoms with Gasteiger partial charge in [-0.25, -0.2) is 17.8 Å². The Labute approximate surface area is 399 Å². The minimum absolute atomic E-state index is 0.00147. The lowest BCUT2D eigenvalue weighted by molar-refractivity contribution is -0.127. The summed E-state index contributed by atoms with van der Waals surface area (Å²) in [6.45, 7) is 12.4. The second kappa shape index (κ2) is 34.0. The van der Waals surface area contributed by atoms with Gasteiger partial charge in [0.25, 0.3) is 5.91 Å². The van der Waals surface area contributed by atoms with Gasteiger partial charge in [0.15, 0.2) is 9.84 Å². The highest BCUT2D eigenvalue weighted by Gasteiger charge is 2.25. The van der Waals surface area contributed by atoms with Crippen LogP contribution in [-0.2, 0) is 63.9 Å². The van der Waals surface area contributed by atoms with Gasteiger partial charge in [0.05, 0.1) is 123 Å². The maximum absolute atomic E-state index is 14.5. The number of aromatic nitrogens is 1. The normalized spacial score (nSPS) is 13.5. The minimum atomic E-state index is -3.80. The van der Waals surface area contributed by atoms with Crippen molar-refractivity contribution in [3.8, 4) is 16.9 Å². The zero-order valence-electron chi connectivity index (χ0n) is 38.9. The second-order valence-electron chi connectivity index (χ2n) is 14.8. The summed E-state index contributed by atoms with van der Waals surface area (Å²) >= 11 is 4.93. The molecule has 18 nitrogen and oxygen atoms in total. The van der Waals surface area contributed by atoms with Crippen molar-refractivity contribution >= 4 is 44.7 Å². The zero-order valence-corrected chi connectivity index (χ0v) is 40.6. The average Bonchev–Trinajstić information content (AvgIpc) is 3.52. The molecule has 1 aromatic heterocycles. The molecule has 0 aliphatic carbocycles. The number of amides is 2. The van der Waals surface area contributed by atoms with Crippen molar-refractivity contribution in [1.29, 1.82) is 0 Å². The van der Waals surface area contributed by atoms with E-state index in [2.05, 4.69) is 15.6 Å².